The number of hydrogen-bond acceptors (Lipinski definition) is 6. The fourth-order valence-corrected chi connectivity index (χ4v) is 3.88. The normalized spacial score (nSPS) is 21.7. The molecule has 0 spiro atoms. The van der Waals surface area contributed by atoms with E-state index in [9.17, 15) is 9.90 Å². The fraction of sp³-hybridized carbons (Fsp3) is 0.611. The van der Waals surface area contributed by atoms with Crippen molar-refractivity contribution in [3.63, 3.8) is 0 Å². The number of carboxylic acids is 1. The number of ether oxygens (including phenoxy) is 4. The third-order valence-corrected chi connectivity index (χ3v) is 5.81. The Morgan fingerprint density at radius 3 is 2.56 bits per heavy atom. The molecule has 0 radical (unpaired) electrons. The van der Waals surface area contributed by atoms with E-state index in [0.29, 0.717) is 36.9 Å². The van der Waals surface area contributed by atoms with Gasteiger partial charge in [-0.2, -0.15) is 0 Å². The van der Waals surface area contributed by atoms with Crippen LogP contribution in [0.25, 0.3) is 0 Å². The lowest BCUT2D eigenvalue weighted by Crippen LogP contribution is -2.47. The number of benzene rings is 1. The Balaban J connectivity index is 1.86. The Morgan fingerprint density at radius 1 is 1.24 bits per heavy atom. The number of fused-ring (bicyclic) bond motifs is 1. The molecular formula is C18H24O6S. The molecule has 7 heteroatoms. The summed E-state index contributed by atoms with van der Waals surface area (Å²) in [6.45, 7) is 7.29. The predicted molar refractivity (Wildman–Crippen MR) is 94.1 cm³/mol. The molecule has 1 fully saturated rings. The van der Waals surface area contributed by atoms with E-state index in [2.05, 4.69) is 13.8 Å². The molecule has 1 N–H and O–H groups in total. The lowest BCUT2D eigenvalue weighted by Gasteiger charge is -2.43. The lowest BCUT2D eigenvalue weighted by molar-refractivity contribution is -0.295. The minimum Gasteiger partial charge on any atom is -0.480 e. The van der Waals surface area contributed by atoms with Crippen molar-refractivity contribution in [2.45, 2.75) is 38.2 Å². The van der Waals surface area contributed by atoms with Crippen molar-refractivity contribution in [1.29, 1.82) is 0 Å². The molecule has 138 valence electrons. The highest BCUT2D eigenvalue weighted by Gasteiger charge is 2.43. The average Bonchev–Trinajstić information content (AvgIpc) is 3.04. The number of carbonyl (C=O) groups is 1. The molecule has 1 unspecified atom stereocenters. The maximum atomic E-state index is 11.4. The molecule has 3 rings (SSSR count). The molecule has 2 aliphatic heterocycles. The number of aliphatic carboxylic acids is 1. The Bertz CT molecular complexity index is 634. The largest absolute Gasteiger partial charge is 0.480 e. The van der Waals surface area contributed by atoms with E-state index in [4.69, 9.17) is 18.9 Å². The minimum absolute atomic E-state index is 0.0819. The van der Waals surface area contributed by atoms with E-state index < -0.39 is 17.0 Å². The van der Waals surface area contributed by atoms with Crippen LogP contribution in [0.3, 0.4) is 0 Å². The van der Waals surface area contributed by atoms with Gasteiger partial charge in [0.1, 0.15) is 5.25 Å². The number of thioether (sulfide) groups is 1. The Morgan fingerprint density at radius 2 is 1.92 bits per heavy atom. The van der Waals surface area contributed by atoms with Gasteiger partial charge in [0.05, 0.1) is 19.0 Å². The lowest BCUT2D eigenvalue weighted by atomic mass is 9.93. The van der Waals surface area contributed by atoms with Crippen molar-refractivity contribution in [1.82, 2.24) is 0 Å². The third kappa shape index (κ3) is 3.88. The van der Waals surface area contributed by atoms with Crippen LogP contribution in [0.4, 0.5) is 0 Å². The van der Waals surface area contributed by atoms with E-state index >= 15 is 0 Å². The van der Waals surface area contributed by atoms with Gasteiger partial charge in [-0.1, -0.05) is 20.8 Å². The van der Waals surface area contributed by atoms with Crippen LogP contribution in [0.15, 0.2) is 18.2 Å². The van der Waals surface area contributed by atoms with Gasteiger partial charge in [0.25, 0.3) is 0 Å². The van der Waals surface area contributed by atoms with Gasteiger partial charge in [-0.15, -0.1) is 11.8 Å². The minimum atomic E-state index is -0.982. The quantitative estimate of drug-likeness (QED) is 0.826. The van der Waals surface area contributed by atoms with E-state index in [0.717, 1.165) is 5.56 Å². The molecule has 2 aliphatic rings. The highest BCUT2D eigenvalue weighted by molar-refractivity contribution is 8.00. The first-order valence-corrected chi connectivity index (χ1v) is 9.42. The summed E-state index contributed by atoms with van der Waals surface area (Å²) in [5.74, 6) is -0.0503. The van der Waals surface area contributed by atoms with Gasteiger partial charge in [-0.3, -0.25) is 4.79 Å². The topological polar surface area (TPSA) is 74.2 Å². The summed E-state index contributed by atoms with van der Waals surface area (Å²) in [5, 5.41) is 8.84. The van der Waals surface area contributed by atoms with Gasteiger partial charge in [-0.05, 0) is 24.6 Å². The van der Waals surface area contributed by atoms with Gasteiger partial charge in [0.15, 0.2) is 11.5 Å². The summed E-state index contributed by atoms with van der Waals surface area (Å²) >= 11 is 1.34. The van der Waals surface area contributed by atoms with Crippen molar-refractivity contribution in [3.8, 4) is 11.5 Å². The zero-order valence-corrected chi connectivity index (χ0v) is 15.6. The van der Waals surface area contributed by atoms with E-state index in [1.54, 1.807) is 0 Å². The molecule has 0 bridgehead atoms. The maximum Gasteiger partial charge on any atom is 0.316 e. The van der Waals surface area contributed by atoms with Crippen LogP contribution in [0.5, 0.6) is 11.5 Å². The highest BCUT2D eigenvalue weighted by atomic mass is 32.2. The summed E-state index contributed by atoms with van der Waals surface area (Å²) < 4.78 is 23.2. The van der Waals surface area contributed by atoms with Crippen molar-refractivity contribution in [2.24, 2.45) is 5.41 Å². The molecule has 0 saturated carbocycles. The molecule has 0 aromatic heterocycles. The zero-order valence-electron chi connectivity index (χ0n) is 14.7. The van der Waals surface area contributed by atoms with Gasteiger partial charge in [-0.25, -0.2) is 0 Å². The number of rotatable bonds is 6. The Kier molecular flexibility index (Phi) is 5.18. The number of carboxylic acid groups (broad SMARTS) is 1. The Labute approximate surface area is 151 Å². The van der Waals surface area contributed by atoms with E-state index in [1.165, 1.54) is 11.8 Å². The highest BCUT2D eigenvalue weighted by Crippen LogP contribution is 2.43. The number of hydrogen-bond donors (Lipinski definition) is 1. The molecule has 6 nitrogen and oxygen atoms in total. The summed E-state index contributed by atoms with van der Waals surface area (Å²) in [6.07, 6.45) is 0.544. The molecule has 2 heterocycles. The van der Waals surface area contributed by atoms with Crippen molar-refractivity contribution in [3.05, 3.63) is 23.8 Å². The second kappa shape index (κ2) is 7.05. The molecule has 0 amide bonds. The second-order valence-electron chi connectivity index (χ2n) is 7.11. The van der Waals surface area contributed by atoms with Gasteiger partial charge >= 0.3 is 5.97 Å². The molecule has 1 aromatic rings. The van der Waals surface area contributed by atoms with Crippen molar-refractivity contribution >= 4 is 17.7 Å². The van der Waals surface area contributed by atoms with Crippen LogP contribution in [0.1, 0.15) is 32.8 Å². The molecule has 0 aliphatic carbocycles. The molecule has 1 aromatic carbocycles. The van der Waals surface area contributed by atoms with Crippen LogP contribution in [-0.2, 0) is 20.1 Å². The van der Waals surface area contributed by atoms with Crippen LogP contribution >= 0.6 is 11.8 Å². The SMILES string of the molecule is CCC(SCC1(c2ccc3c(c2)OCO3)OCC(C)(C)CO1)C(=O)O. The first-order chi connectivity index (χ1) is 11.9. The summed E-state index contributed by atoms with van der Waals surface area (Å²) in [4.78, 5) is 11.4. The van der Waals surface area contributed by atoms with Crippen molar-refractivity contribution < 1.29 is 28.8 Å². The molecular weight excluding hydrogens is 344 g/mol. The smallest absolute Gasteiger partial charge is 0.316 e. The monoisotopic (exact) mass is 368 g/mol. The molecule has 1 saturated heterocycles. The van der Waals surface area contributed by atoms with Crippen molar-refractivity contribution in [2.75, 3.05) is 25.8 Å². The standard InChI is InChI=1S/C18H24O6S/c1-4-15(16(19)20)25-10-18(23-8-17(2,3)9-24-18)12-5-6-13-14(7-12)22-11-21-13/h5-7,15H,4,8-11H2,1-3H3,(H,19,20). The second-order valence-corrected chi connectivity index (χ2v) is 8.30. The van der Waals surface area contributed by atoms with Crippen LogP contribution in [-0.4, -0.2) is 42.1 Å². The fourth-order valence-electron chi connectivity index (χ4n) is 2.75. The van der Waals surface area contributed by atoms with Gasteiger partial charge in [0.2, 0.25) is 12.6 Å². The first kappa shape index (κ1) is 18.4. The van der Waals surface area contributed by atoms with Gasteiger partial charge < -0.3 is 24.1 Å². The Hall–Kier alpha value is -1.44. The summed E-state index contributed by atoms with van der Waals surface area (Å²) in [7, 11) is 0. The van der Waals surface area contributed by atoms with E-state index in [1.807, 2.05) is 25.1 Å². The van der Waals surface area contributed by atoms with Crippen LogP contribution < -0.4 is 9.47 Å². The maximum absolute atomic E-state index is 11.4. The van der Waals surface area contributed by atoms with Gasteiger partial charge in [0, 0.05) is 11.0 Å². The van der Waals surface area contributed by atoms with Crippen LogP contribution in [0, 0.1) is 5.41 Å². The molecule has 1 atom stereocenters. The molecule has 25 heavy (non-hydrogen) atoms. The first-order valence-electron chi connectivity index (χ1n) is 8.38. The third-order valence-electron chi connectivity index (χ3n) is 4.33. The van der Waals surface area contributed by atoms with E-state index in [-0.39, 0.29) is 12.2 Å². The summed E-state index contributed by atoms with van der Waals surface area (Å²) in [6, 6.07) is 5.60. The van der Waals surface area contributed by atoms with Crippen LogP contribution in [0.2, 0.25) is 0 Å². The average molecular weight is 368 g/mol. The predicted octanol–water partition coefficient (Wildman–Crippen LogP) is 3.24. The zero-order chi connectivity index (χ0) is 18.1. The summed E-state index contributed by atoms with van der Waals surface area (Å²) in [5.41, 5.74) is 0.738.